The summed E-state index contributed by atoms with van der Waals surface area (Å²) in [6.45, 7) is 11.3. The minimum atomic E-state index is -0.981. The van der Waals surface area contributed by atoms with Crippen molar-refractivity contribution in [3.8, 4) is 5.75 Å². The fourth-order valence-corrected chi connectivity index (χ4v) is 4.22. The van der Waals surface area contributed by atoms with E-state index in [-0.39, 0.29) is 31.7 Å². The van der Waals surface area contributed by atoms with Crippen LogP contribution < -0.4 is 5.32 Å². The number of phenolic OH excluding ortho intramolecular Hbond substituents is 1. The predicted octanol–water partition coefficient (Wildman–Crippen LogP) is 4.22. The molecule has 9 nitrogen and oxygen atoms in total. The summed E-state index contributed by atoms with van der Waals surface area (Å²) >= 11 is 0. The summed E-state index contributed by atoms with van der Waals surface area (Å²) < 4.78 is 16.8. The number of phenols is 1. The van der Waals surface area contributed by atoms with Gasteiger partial charge in [0.15, 0.2) is 0 Å². The van der Waals surface area contributed by atoms with Gasteiger partial charge < -0.3 is 24.6 Å². The van der Waals surface area contributed by atoms with E-state index in [0.717, 1.165) is 16.7 Å². The standard InChI is InChI=1S/C30H38N2O7/c1-6-20-8-10-22(11-9-20)19-38-24-17-26(32(18-24)29(36)39-30(3,4)5)27(34)31-25(28(35)37-7-2)16-21-12-14-23(33)15-13-21/h6,8-15,24-26,33H,1,7,16-19H2,2-5H3,(H,31,34)/t24-,25+,26+/m1/s1. The van der Waals surface area contributed by atoms with Crippen molar-refractivity contribution in [3.63, 3.8) is 0 Å². The molecule has 1 heterocycles. The van der Waals surface area contributed by atoms with Crippen molar-refractivity contribution < 1.29 is 33.7 Å². The Kier molecular flexibility index (Phi) is 10.1. The highest BCUT2D eigenvalue weighted by molar-refractivity contribution is 5.90. The van der Waals surface area contributed by atoms with Crippen LogP contribution in [-0.2, 0) is 36.8 Å². The van der Waals surface area contributed by atoms with E-state index in [1.54, 1.807) is 45.9 Å². The Morgan fingerprint density at radius 2 is 1.74 bits per heavy atom. The molecule has 2 amide bonds. The molecule has 9 heteroatoms. The van der Waals surface area contributed by atoms with Crippen LogP contribution in [0.25, 0.3) is 6.08 Å². The lowest BCUT2D eigenvalue weighted by Gasteiger charge is -2.28. The van der Waals surface area contributed by atoms with Crippen molar-refractivity contribution in [2.24, 2.45) is 0 Å². The quantitative estimate of drug-likeness (QED) is 0.435. The van der Waals surface area contributed by atoms with Crippen molar-refractivity contribution in [1.82, 2.24) is 10.2 Å². The number of aromatic hydroxyl groups is 1. The van der Waals surface area contributed by atoms with Crippen LogP contribution in [0.3, 0.4) is 0 Å². The van der Waals surface area contributed by atoms with E-state index in [4.69, 9.17) is 14.2 Å². The molecule has 39 heavy (non-hydrogen) atoms. The molecular weight excluding hydrogens is 500 g/mol. The van der Waals surface area contributed by atoms with E-state index in [2.05, 4.69) is 11.9 Å². The molecule has 2 aromatic rings. The second kappa shape index (κ2) is 13.3. The van der Waals surface area contributed by atoms with Crippen LogP contribution >= 0.6 is 0 Å². The number of amides is 2. The summed E-state index contributed by atoms with van der Waals surface area (Å²) in [5.41, 5.74) is 1.92. The van der Waals surface area contributed by atoms with Gasteiger partial charge in [0.1, 0.15) is 23.4 Å². The highest BCUT2D eigenvalue weighted by atomic mass is 16.6. The average molecular weight is 539 g/mol. The molecule has 3 rings (SSSR count). The zero-order chi connectivity index (χ0) is 28.6. The maximum atomic E-state index is 13.5. The lowest BCUT2D eigenvalue weighted by atomic mass is 10.0. The minimum Gasteiger partial charge on any atom is -0.508 e. The van der Waals surface area contributed by atoms with Crippen molar-refractivity contribution in [1.29, 1.82) is 0 Å². The molecule has 3 atom stereocenters. The number of nitrogens with zero attached hydrogens (tertiary/aromatic N) is 1. The van der Waals surface area contributed by atoms with E-state index < -0.39 is 41.8 Å². The van der Waals surface area contributed by atoms with E-state index in [9.17, 15) is 19.5 Å². The zero-order valence-electron chi connectivity index (χ0n) is 23.0. The Morgan fingerprint density at radius 1 is 1.10 bits per heavy atom. The van der Waals surface area contributed by atoms with Crippen LogP contribution in [0.15, 0.2) is 55.1 Å². The van der Waals surface area contributed by atoms with Crippen molar-refractivity contribution >= 4 is 24.0 Å². The molecule has 0 saturated carbocycles. The Bertz CT molecular complexity index is 1140. The van der Waals surface area contributed by atoms with Gasteiger partial charge in [0, 0.05) is 12.8 Å². The number of rotatable bonds is 10. The van der Waals surface area contributed by atoms with Crippen LogP contribution in [0.5, 0.6) is 5.75 Å². The van der Waals surface area contributed by atoms with Crippen molar-refractivity contribution in [3.05, 3.63) is 71.8 Å². The SMILES string of the molecule is C=Cc1ccc(CO[C@@H]2C[C@@H](C(=O)N[C@@H](Cc3ccc(O)cc3)C(=O)OCC)N(C(=O)OC(C)(C)C)C2)cc1. The summed E-state index contributed by atoms with van der Waals surface area (Å²) in [5, 5.41) is 12.3. The van der Waals surface area contributed by atoms with Gasteiger partial charge in [-0.05, 0) is 56.5 Å². The van der Waals surface area contributed by atoms with Gasteiger partial charge in [0.25, 0.3) is 0 Å². The molecule has 210 valence electrons. The number of likely N-dealkylation sites (tertiary alicyclic amines) is 1. The van der Waals surface area contributed by atoms with Crippen LogP contribution in [0.1, 0.15) is 50.8 Å². The highest BCUT2D eigenvalue weighted by Gasteiger charge is 2.43. The number of nitrogens with one attached hydrogen (secondary N) is 1. The fraction of sp³-hybridized carbons (Fsp3) is 0.433. The molecule has 0 radical (unpaired) electrons. The first-order chi connectivity index (χ1) is 18.5. The average Bonchev–Trinajstić information content (AvgIpc) is 3.32. The highest BCUT2D eigenvalue weighted by Crippen LogP contribution is 2.25. The van der Waals surface area contributed by atoms with E-state index in [0.29, 0.717) is 6.61 Å². The number of hydrogen-bond acceptors (Lipinski definition) is 7. The molecule has 0 aliphatic carbocycles. The fourth-order valence-electron chi connectivity index (χ4n) is 4.22. The molecular formula is C30H38N2O7. The second-order valence-corrected chi connectivity index (χ2v) is 10.4. The van der Waals surface area contributed by atoms with Gasteiger partial charge in [-0.3, -0.25) is 9.69 Å². The van der Waals surface area contributed by atoms with Crippen LogP contribution in [0.4, 0.5) is 4.79 Å². The van der Waals surface area contributed by atoms with Gasteiger partial charge in [-0.1, -0.05) is 49.1 Å². The molecule has 0 aromatic heterocycles. The third kappa shape index (κ3) is 8.85. The summed E-state index contributed by atoms with van der Waals surface area (Å²) in [6.07, 6.45) is 1.12. The van der Waals surface area contributed by atoms with Crippen LogP contribution in [0, 0.1) is 0 Å². The molecule has 0 bridgehead atoms. The largest absolute Gasteiger partial charge is 0.508 e. The number of benzene rings is 2. The van der Waals surface area contributed by atoms with Crippen LogP contribution in [-0.4, -0.2) is 64.9 Å². The number of carbonyl (C=O) groups excluding carboxylic acids is 3. The minimum absolute atomic E-state index is 0.0946. The monoisotopic (exact) mass is 538 g/mol. The second-order valence-electron chi connectivity index (χ2n) is 10.4. The summed E-state index contributed by atoms with van der Waals surface area (Å²) in [6, 6.07) is 12.2. The van der Waals surface area contributed by atoms with Gasteiger partial charge in [-0.25, -0.2) is 9.59 Å². The maximum absolute atomic E-state index is 13.5. The van der Waals surface area contributed by atoms with Crippen LogP contribution in [0.2, 0.25) is 0 Å². The third-order valence-corrected chi connectivity index (χ3v) is 6.16. The molecule has 1 saturated heterocycles. The van der Waals surface area contributed by atoms with Gasteiger partial charge >= 0.3 is 12.1 Å². The van der Waals surface area contributed by atoms with E-state index >= 15 is 0 Å². The number of hydrogen-bond donors (Lipinski definition) is 2. The first-order valence-corrected chi connectivity index (χ1v) is 13.1. The molecule has 2 N–H and O–H groups in total. The van der Waals surface area contributed by atoms with Crippen molar-refractivity contribution in [2.75, 3.05) is 13.2 Å². The zero-order valence-corrected chi connectivity index (χ0v) is 23.0. The van der Waals surface area contributed by atoms with Gasteiger partial charge in [-0.15, -0.1) is 0 Å². The lowest BCUT2D eigenvalue weighted by molar-refractivity contribution is -0.147. The lowest BCUT2D eigenvalue weighted by Crippen LogP contribution is -2.52. The summed E-state index contributed by atoms with van der Waals surface area (Å²) in [5.74, 6) is -0.993. The van der Waals surface area contributed by atoms with E-state index in [1.807, 2.05) is 24.3 Å². The molecule has 0 unspecified atom stereocenters. The molecule has 2 aromatic carbocycles. The summed E-state index contributed by atoms with van der Waals surface area (Å²) in [4.78, 5) is 40.6. The molecule has 1 aliphatic heterocycles. The number of esters is 1. The Morgan fingerprint density at radius 3 is 2.33 bits per heavy atom. The first-order valence-electron chi connectivity index (χ1n) is 13.1. The normalized spacial score (nSPS) is 17.8. The maximum Gasteiger partial charge on any atom is 0.411 e. The molecule has 0 spiro atoms. The first kappa shape index (κ1) is 29.7. The molecule has 1 fully saturated rings. The van der Waals surface area contributed by atoms with Gasteiger partial charge in [0.2, 0.25) is 5.91 Å². The molecule has 1 aliphatic rings. The van der Waals surface area contributed by atoms with Gasteiger partial charge in [-0.2, -0.15) is 0 Å². The predicted molar refractivity (Wildman–Crippen MR) is 147 cm³/mol. The topological polar surface area (TPSA) is 114 Å². The Balaban J connectivity index is 1.75. The Labute approximate surface area is 229 Å². The smallest absolute Gasteiger partial charge is 0.411 e. The summed E-state index contributed by atoms with van der Waals surface area (Å²) in [7, 11) is 0. The van der Waals surface area contributed by atoms with E-state index in [1.165, 1.54) is 17.0 Å². The third-order valence-electron chi connectivity index (χ3n) is 6.16. The van der Waals surface area contributed by atoms with Crippen molar-refractivity contribution in [2.45, 2.75) is 70.9 Å². The van der Waals surface area contributed by atoms with Gasteiger partial charge in [0.05, 0.1) is 25.9 Å². The number of ether oxygens (including phenoxy) is 3. The Hall–Kier alpha value is -3.85. The number of carbonyl (C=O) groups is 3.